The number of aryl methyl sites for hydroxylation is 1. The maximum absolute atomic E-state index is 10.1. The molecular formula is C16H15BrN2O2. The molecule has 21 heavy (non-hydrogen) atoms. The van der Waals surface area contributed by atoms with Crippen LogP contribution in [0.5, 0.6) is 11.5 Å². The quantitative estimate of drug-likeness (QED) is 0.772. The molecule has 5 heteroatoms. The molecule has 0 aliphatic rings. The number of hydrogen-bond donors (Lipinski definition) is 1. The van der Waals surface area contributed by atoms with Gasteiger partial charge in [-0.05, 0) is 37.3 Å². The van der Waals surface area contributed by atoms with Gasteiger partial charge in [-0.2, -0.15) is 0 Å². The van der Waals surface area contributed by atoms with Crippen molar-refractivity contribution in [1.82, 2.24) is 9.55 Å². The zero-order valence-electron chi connectivity index (χ0n) is 11.8. The molecular weight excluding hydrogens is 332 g/mol. The van der Waals surface area contributed by atoms with Gasteiger partial charge in [-0.15, -0.1) is 0 Å². The minimum absolute atomic E-state index is 0.218. The molecule has 2 aromatic carbocycles. The summed E-state index contributed by atoms with van der Waals surface area (Å²) >= 11 is 3.44. The SMILES string of the molecule is CCn1c(-c2cc(Br)ccc2O)nc2cc(OC)ccc21. The maximum atomic E-state index is 10.1. The van der Waals surface area contributed by atoms with E-state index in [0.29, 0.717) is 5.56 Å². The second-order valence-corrected chi connectivity index (χ2v) is 5.61. The number of fused-ring (bicyclic) bond motifs is 1. The lowest BCUT2D eigenvalue weighted by atomic mass is 10.2. The third kappa shape index (κ3) is 2.38. The Morgan fingerprint density at radius 3 is 2.76 bits per heavy atom. The highest BCUT2D eigenvalue weighted by molar-refractivity contribution is 9.10. The van der Waals surface area contributed by atoms with Crippen molar-refractivity contribution in [2.24, 2.45) is 0 Å². The fraction of sp³-hybridized carbons (Fsp3) is 0.188. The van der Waals surface area contributed by atoms with Crippen LogP contribution in [0.2, 0.25) is 0 Å². The second kappa shape index (κ2) is 5.41. The number of halogens is 1. The van der Waals surface area contributed by atoms with Crippen LogP contribution >= 0.6 is 15.9 Å². The summed E-state index contributed by atoms with van der Waals surface area (Å²) in [6, 6.07) is 11.2. The summed E-state index contributed by atoms with van der Waals surface area (Å²) in [6.07, 6.45) is 0. The van der Waals surface area contributed by atoms with Gasteiger partial charge >= 0.3 is 0 Å². The Morgan fingerprint density at radius 2 is 2.05 bits per heavy atom. The topological polar surface area (TPSA) is 47.3 Å². The molecule has 0 fully saturated rings. The molecule has 0 spiro atoms. The van der Waals surface area contributed by atoms with E-state index in [1.165, 1.54) is 0 Å². The smallest absolute Gasteiger partial charge is 0.144 e. The Hall–Kier alpha value is -2.01. The van der Waals surface area contributed by atoms with Gasteiger partial charge in [-0.3, -0.25) is 0 Å². The van der Waals surface area contributed by atoms with Gasteiger partial charge in [0, 0.05) is 17.1 Å². The number of phenolic OH excluding ortho intramolecular Hbond substituents is 1. The molecule has 0 atom stereocenters. The van der Waals surface area contributed by atoms with Crippen molar-refractivity contribution >= 4 is 27.0 Å². The van der Waals surface area contributed by atoms with Crippen molar-refractivity contribution in [3.63, 3.8) is 0 Å². The van der Waals surface area contributed by atoms with Gasteiger partial charge in [-0.25, -0.2) is 4.98 Å². The summed E-state index contributed by atoms with van der Waals surface area (Å²) in [7, 11) is 1.64. The van der Waals surface area contributed by atoms with Crippen molar-refractivity contribution in [1.29, 1.82) is 0 Å². The fourth-order valence-corrected chi connectivity index (χ4v) is 2.81. The Kier molecular flexibility index (Phi) is 3.59. The minimum Gasteiger partial charge on any atom is -0.507 e. The number of methoxy groups -OCH3 is 1. The van der Waals surface area contributed by atoms with Crippen LogP contribution in [-0.2, 0) is 6.54 Å². The summed E-state index contributed by atoms with van der Waals surface area (Å²) in [4.78, 5) is 4.67. The normalized spacial score (nSPS) is 11.0. The van der Waals surface area contributed by atoms with Crippen LogP contribution in [0.4, 0.5) is 0 Å². The van der Waals surface area contributed by atoms with Gasteiger partial charge in [0.1, 0.15) is 17.3 Å². The molecule has 108 valence electrons. The van der Waals surface area contributed by atoms with Crippen molar-refractivity contribution in [3.05, 3.63) is 40.9 Å². The van der Waals surface area contributed by atoms with Crippen molar-refractivity contribution in [3.8, 4) is 22.9 Å². The summed E-state index contributed by atoms with van der Waals surface area (Å²) < 4.78 is 8.23. The summed E-state index contributed by atoms with van der Waals surface area (Å²) in [6.45, 7) is 2.83. The standard InChI is InChI=1S/C16H15BrN2O2/c1-3-19-14-6-5-11(21-2)9-13(14)18-16(19)12-8-10(17)4-7-15(12)20/h4-9,20H,3H2,1-2H3. The van der Waals surface area contributed by atoms with Gasteiger partial charge in [-0.1, -0.05) is 15.9 Å². The molecule has 0 unspecified atom stereocenters. The van der Waals surface area contributed by atoms with Crippen LogP contribution in [0.25, 0.3) is 22.4 Å². The largest absolute Gasteiger partial charge is 0.507 e. The molecule has 3 rings (SSSR count). The van der Waals surface area contributed by atoms with E-state index in [0.717, 1.165) is 33.6 Å². The lowest BCUT2D eigenvalue weighted by Gasteiger charge is -2.08. The highest BCUT2D eigenvalue weighted by Crippen LogP contribution is 2.34. The molecule has 1 aromatic heterocycles. The third-order valence-corrected chi connectivity index (χ3v) is 3.96. The number of hydrogen-bond acceptors (Lipinski definition) is 3. The first-order chi connectivity index (χ1) is 10.1. The van der Waals surface area contributed by atoms with Gasteiger partial charge in [0.25, 0.3) is 0 Å². The zero-order valence-corrected chi connectivity index (χ0v) is 13.4. The molecule has 0 bridgehead atoms. The number of aromatic hydroxyl groups is 1. The monoisotopic (exact) mass is 346 g/mol. The van der Waals surface area contributed by atoms with Crippen LogP contribution in [0.1, 0.15) is 6.92 Å². The average Bonchev–Trinajstić information content (AvgIpc) is 2.86. The Labute approximate surface area is 131 Å². The molecule has 0 aliphatic carbocycles. The van der Waals surface area contributed by atoms with Crippen molar-refractivity contribution in [2.45, 2.75) is 13.5 Å². The van der Waals surface area contributed by atoms with Crippen molar-refractivity contribution in [2.75, 3.05) is 7.11 Å². The first kappa shape index (κ1) is 13.9. The van der Waals surface area contributed by atoms with Crippen molar-refractivity contribution < 1.29 is 9.84 Å². The number of rotatable bonds is 3. The zero-order chi connectivity index (χ0) is 15.0. The van der Waals surface area contributed by atoms with E-state index in [2.05, 4.69) is 32.4 Å². The van der Waals surface area contributed by atoms with E-state index in [4.69, 9.17) is 4.74 Å². The van der Waals surface area contributed by atoms with E-state index in [1.807, 2.05) is 24.3 Å². The summed E-state index contributed by atoms with van der Waals surface area (Å²) in [5.41, 5.74) is 2.58. The highest BCUT2D eigenvalue weighted by Gasteiger charge is 2.15. The average molecular weight is 347 g/mol. The number of imidazole rings is 1. The Bertz CT molecular complexity index is 811. The van der Waals surface area contributed by atoms with E-state index >= 15 is 0 Å². The molecule has 0 aliphatic heterocycles. The number of benzene rings is 2. The number of ether oxygens (including phenoxy) is 1. The Morgan fingerprint density at radius 1 is 1.24 bits per heavy atom. The van der Waals surface area contributed by atoms with Gasteiger partial charge in [0.2, 0.25) is 0 Å². The molecule has 3 aromatic rings. The summed E-state index contributed by atoms with van der Waals surface area (Å²) in [5.74, 6) is 1.74. The van der Waals surface area contributed by atoms with Crippen LogP contribution < -0.4 is 4.74 Å². The molecule has 1 N–H and O–H groups in total. The van der Waals surface area contributed by atoms with E-state index in [-0.39, 0.29) is 5.75 Å². The molecule has 4 nitrogen and oxygen atoms in total. The highest BCUT2D eigenvalue weighted by atomic mass is 79.9. The van der Waals surface area contributed by atoms with Gasteiger partial charge in [0.05, 0.1) is 23.7 Å². The first-order valence-electron chi connectivity index (χ1n) is 6.67. The Balaban J connectivity index is 2.29. The van der Waals surface area contributed by atoms with Crippen LogP contribution in [-0.4, -0.2) is 21.8 Å². The second-order valence-electron chi connectivity index (χ2n) is 4.70. The predicted molar refractivity (Wildman–Crippen MR) is 86.8 cm³/mol. The third-order valence-electron chi connectivity index (χ3n) is 3.47. The maximum Gasteiger partial charge on any atom is 0.144 e. The lowest BCUT2D eigenvalue weighted by Crippen LogP contribution is -1.97. The first-order valence-corrected chi connectivity index (χ1v) is 7.46. The van der Waals surface area contributed by atoms with Crippen LogP contribution in [0.15, 0.2) is 40.9 Å². The minimum atomic E-state index is 0.218. The van der Waals surface area contributed by atoms with Crippen LogP contribution in [0, 0.1) is 0 Å². The molecule has 0 amide bonds. The summed E-state index contributed by atoms with van der Waals surface area (Å²) in [5, 5.41) is 10.1. The predicted octanol–water partition coefficient (Wildman–Crippen LogP) is 4.20. The van der Waals surface area contributed by atoms with E-state index < -0.39 is 0 Å². The number of phenols is 1. The lowest BCUT2D eigenvalue weighted by molar-refractivity contribution is 0.415. The van der Waals surface area contributed by atoms with Crippen LogP contribution in [0.3, 0.4) is 0 Å². The van der Waals surface area contributed by atoms with E-state index in [1.54, 1.807) is 19.2 Å². The fourth-order valence-electron chi connectivity index (χ4n) is 2.45. The van der Waals surface area contributed by atoms with Gasteiger partial charge in [0.15, 0.2) is 0 Å². The molecule has 0 radical (unpaired) electrons. The number of nitrogens with zero attached hydrogens (tertiary/aromatic N) is 2. The molecule has 1 heterocycles. The molecule has 0 saturated carbocycles. The van der Waals surface area contributed by atoms with E-state index in [9.17, 15) is 5.11 Å². The molecule has 0 saturated heterocycles. The number of aromatic nitrogens is 2. The van der Waals surface area contributed by atoms with Gasteiger partial charge < -0.3 is 14.4 Å².